The molecule has 1 amide bonds. The molecule has 1 aliphatic rings. The zero-order valence-electron chi connectivity index (χ0n) is 7.77. The van der Waals surface area contributed by atoms with E-state index in [9.17, 15) is 4.79 Å². The molecule has 2 aromatic heterocycles. The number of aromatic nitrogens is 2. The second kappa shape index (κ2) is 2.84. The summed E-state index contributed by atoms with van der Waals surface area (Å²) in [5.41, 5.74) is 6.80. The summed E-state index contributed by atoms with van der Waals surface area (Å²) in [7, 11) is 0. The molecular weight excluding hydrogens is 192 g/mol. The van der Waals surface area contributed by atoms with E-state index in [0.717, 1.165) is 5.69 Å². The molecule has 15 heavy (non-hydrogen) atoms. The van der Waals surface area contributed by atoms with E-state index in [-0.39, 0.29) is 5.91 Å². The predicted molar refractivity (Wildman–Crippen MR) is 54.7 cm³/mol. The van der Waals surface area contributed by atoms with Gasteiger partial charge in [-0.05, 0) is 24.3 Å². The fourth-order valence-corrected chi connectivity index (χ4v) is 1.64. The first kappa shape index (κ1) is 8.05. The van der Waals surface area contributed by atoms with Crippen LogP contribution in [0, 0.1) is 0 Å². The van der Waals surface area contributed by atoms with Gasteiger partial charge >= 0.3 is 0 Å². The first-order valence-electron chi connectivity index (χ1n) is 4.55. The van der Waals surface area contributed by atoms with Crippen LogP contribution in [0.2, 0.25) is 0 Å². The molecule has 0 saturated carbocycles. The van der Waals surface area contributed by atoms with Crippen molar-refractivity contribution >= 4 is 11.7 Å². The minimum Gasteiger partial charge on any atom is -0.309 e. The topological polar surface area (TPSA) is 59.0 Å². The molecule has 0 fully saturated rings. The van der Waals surface area contributed by atoms with Gasteiger partial charge in [-0.15, -0.1) is 0 Å². The predicted octanol–water partition coefficient (Wildman–Crippen LogP) is 0.943. The molecule has 0 unspecified atom stereocenters. The van der Waals surface area contributed by atoms with Gasteiger partial charge in [0.1, 0.15) is 5.69 Å². The zero-order valence-corrected chi connectivity index (χ0v) is 7.77. The highest BCUT2D eigenvalue weighted by Crippen LogP contribution is 2.21. The molecule has 74 valence electrons. The fraction of sp³-hybridized carbons (Fsp3) is 0. The summed E-state index contributed by atoms with van der Waals surface area (Å²) in [4.78, 5) is 15.8. The van der Waals surface area contributed by atoms with Crippen LogP contribution < -0.4 is 10.9 Å². The van der Waals surface area contributed by atoms with Crippen molar-refractivity contribution in [2.75, 3.05) is 5.43 Å². The Morgan fingerprint density at radius 2 is 2.13 bits per heavy atom. The number of hydrazine groups is 1. The monoisotopic (exact) mass is 200 g/mol. The number of rotatable bonds is 0. The van der Waals surface area contributed by atoms with E-state index < -0.39 is 0 Å². The maximum atomic E-state index is 11.6. The Bertz CT molecular complexity index is 532. The summed E-state index contributed by atoms with van der Waals surface area (Å²) >= 11 is 0. The van der Waals surface area contributed by atoms with Crippen molar-refractivity contribution in [2.24, 2.45) is 0 Å². The van der Waals surface area contributed by atoms with Gasteiger partial charge < -0.3 is 4.57 Å². The molecule has 0 aromatic carbocycles. The maximum Gasteiger partial charge on any atom is 0.286 e. The van der Waals surface area contributed by atoms with Gasteiger partial charge in [-0.1, -0.05) is 0 Å². The molecule has 3 heterocycles. The number of pyridine rings is 1. The van der Waals surface area contributed by atoms with Crippen LogP contribution in [0.25, 0.3) is 5.69 Å². The van der Waals surface area contributed by atoms with Crippen LogP contribution in [0.3, 0.4) is 0 Å². The van der Waals surface area contributed by atoms with E-state index in [2.05, 4.69) is 15.8 Å². The number of carbonyl (C=O) groups excluding carboxylic acids is 1. The lowest BCUT2D eigenvalue weighted by atomic mass is 10.3. The van der Waals surface area contributed by atoms with Crippen LogP contribution in [0.4, 0.5) is 5.82 Å². The summed E-state index contributed by atoms with van der Waals surface area (Å²) < 4.78 is 1.80. The molecule has 1 aliphatic heterocycles. The normalized spacial score (nSPS) is 13.2. The number of fused-ring (bicyclic) bond motifs is 3. The Hall–Kier alpha value is -2.30. The Kier molecular flexibility index (Phi) is 1.53. The van der Waals surface area contributed by atoms with Gasteiger partial charge in [-0.25, -0.2) is 4.98 Å². The van der Waals surface area contributed by atoms with E-state index in [1.165, 1.54) is 0 Å². The number of nitrogens with one attached hydrogen (secondary N) is 2. The Morgan fingerprint density at radius 3 is 3.07 bits per heavy atom. The van der Waals surface area contributed by atoms with E-state index >= 15 is 0 Å². The third kappa shape index (κ3) is 1.10. The van der Waals surface area contributed by atoms with Gasteiger partial charge in [-0.2, -0.15) is 0 Å². The van der Waals surface area contributed by atoms with Gasteiger partial charge in [0.2, 0.25) is 0 Å². The van der Waals surface area contributed by atoms with Crippen molar-refractivity contribution in [3.8, 4) is 5.69 Å². The summed E-state index contributed by atoms with van der Waals surface area (Å²) in [5, 5.41) is 0. The van der Waals surface area contributed by atoms with Crippen LogP contribution in [0.5, 0.6) is 0 Å². The van der Waals surface area contributed by atoms with Gasteiger partial charge in [0, 0.05) is 12.4 Å². The number of hydrogen-bond donors (Lipinski definition) is 2. The van der Waals surface area contributed by atoms with Crippen LogP contribution in [-0.4, -0.2) is 15.5 Å². The quantitative estimate of drug-likeness (QED) is 0.665. The first-order valence-corrected chi connectivity index (χ1v) is 4.55. The molecule has 0 spiro atoms. The van der Waals surface area contributed by atoms with Crippen LogP contribution in [0.1, 0.15) is 10.5 Å². The van der Waals surface area contributed by atoms with Crippen molar-refractivity contribution < 1.29 is 4.79 Å². The van der Waals surface area contributed by atoms with E-state index in [0.29, 0.717) is 11.5 Å². The van der Waals surface area contributed by atoms with Crippen molar-refractivity contribution in [1.82, 2.24) is 15.0 Å². The van der Waals surface area contributed by atoms with Gasteiger partial charge in [0.05, 0.1) is 5.69 Å². The van der Waals surface area contributed by atoms with Crippen LogP contribution >= 0.6 is 0 Å². The van der Waals surface area contributed by atoms with E-state index in [4.69, 9.17) is 0 Å². The molecule has 5 nitrogen and oxygen atoms in total. The van der Waals surface area contributed by atoms with Gasteiger partial charge in [0.15, 0.2) is 5.82 Å². The molecule has 5 heteroatoms. The largest absolute Gasteiger partial charge is 0.309 e. The minimum atomic E-state index is -0.169. The smallest absolute Gasteiger partial charge is 0.286 e. The van der Waals surface area contributed by atoms with E-state index in [1.54, 1.807) is 16.8 Å². The minimum absolute atomic E-state index is 0.169. The fourth-order valence-electron chi connectivity index (χ4n) is 1.64. The van der Waals surface area contributed by atoms with Crippen LogP contribution in [-0.2, 0) is 0 Å². The highest BCUT2D eigenvalue weighted by molar-refractivity contribution is 5.95. The third-order valence-corrected chi connectivity index (χ3v) is 2.32. The average Bonchev–Trinajstić information content (AvgIpc) is 2.71. The zero-order chi connectivity index (χ0) is 10.3. The van der Waals surface area contributed by atoms with Crippen molar-refractivity contribution in [1.29, 1.82) is 0 Å². The molecule has 0 radical (unpaired) electrons. The number of carbonyl (C=O) groups is 1. The third-order valence-electron chi connectivity index (χ3n) is 2.32. The average molecular weight is 200 g/mol. The summed E-state index contributed by atoms with van der Waals surface area (Å²) in [5.74, 6) is 0.471. The highest BCUT2D eigenvalue weighted by Gasteiger charge is 2.18. The number of amides is 1. The number of nitrogens with zero attached hydrogens (tertiary/aromatic N) is 2. The lowest BCUT2D eigenvalue weighted by Crippen LogP contribution is -2.28. The Balaban J connectivity index is 2.31. The molecule has 0 aliphatic carbocycles. The Morgan fingerprint density at radius 1 is 1.20 bits per heavy atom. The molecule has 0 bridgehead atoms. The van der Waals surface area contributed by atoms with Crippen molar-refractivity contribution in [3.05, 3.63) is 42.4 Å². The standard InChI is InChI=1S/C10H8N4O/c15-10-8-4-2-6-14(8)7-3-1-5-11-9(7)12-13-10/h1-6H,(H,11,12)(H,13,15). The van der Waals surface area contributed by atoms with Crippen molar-refractivity contribution in [3.63, 3.8) is 0 Å². The second-order valence-corrected chi connectivity index (χ2v) is 3.21. The summed E-state index contributed by atoms with van der Waals surface area (Å²) in [6, 6.07) is 7.33. The number of anilines is 1. The van der Waals surface area contributed by atoms with Gasteiger partial charge in [0.25, 0.3) is 5.91 Å². The first-order chi connectivity index (χ1) is 7.36. The molecule has 0 atom stereocenters. The lowest BCUT2D eigenvalue weighted by molar-refractivity contribution is 0.0957. The SMILES string of the molecule is O=C1NNc2ncccc2-n2cccc21. The summed E-state index contributed by atoms with van der Waals surface area (Å²) in [6.07, 6.45) is 3.51. The molecule has 3 rings (SSSR count). The van der Waals surface area contributed by atoms with Gasteiger partial charge in [-0.3, -0.25) is 15.6 Å². The Labute approximate surface area is 85.7 Å². The van der Waals surface area contributed by atoms with E-state index in [1.807, 2.05) is 24.4 Å². The lowest BCUT2D eigenvalue weighted by Gasteiger charge is -2.06. The summed E-state index contributed by atoms with van der Waals surface area (Å²) in [6.45, 7) is 0. The molecule has 0 saturated heterocycles. The molecule has 2 N–H and O–H groups in total. The number of hydrogen-bond acceptors (Lipinski definition) is 3. The maximum absolute atomic E-state index is 11.6. The van der Waals surface area contributed by atoms with Crippen molar-refractivity contribution in [2.45, 2.75) is 0 Å². The highest BCUT2D eigenvalue weighted by atomic mass is 16.2. The molecule has 2 aromatic rings. The van der Waals surface area contributed by atoms with Crippen LogP contribution in [0.15, 0.2) is 36.7 Å². The second-order valence-electron chi connectivity index (χ2n) is 3.21. The molecular formula is C10H8N4O.